The van der Waals surface area contributed by atoms with E-state index in [2.05, 4.69) is 10.3 Å². The molecule has 3 aromatic rings. The van der Waals surface area contributed by atoms with Crippen LogP contribution in [0.2, 0.25) is 0 Å². The third-order valence-corrected chi connectivity index (χ3v) is 5.05. The van der Waals surface area contributed by atoms with Crippen molar-refractivity contribution in [2.75, 3.05) is 18.5 Å². The molecule has 1 aliphatic rings. The van der Waals surface area contributed by atoms with Crippen LogP contribution in [0.5, 0.6) is 5.75 Å². The maximum atomic E-state index is 12.9. The lowest BCUT2D eigenvalue weighted by molar-refractivity contribution is -0.384. The minimum atomic E-state index is -0.520. The van der Waals surface area contributed by atoms with Gasteiger partial charge in [0.05, 0.1) is 23.0 Å². The Hall–Kier alpha value is -3.72. The van der Waals surface area contributed by atoms with E-state index in [1.54, 1.807) is 18.3 Å². The highest BCUT2D eigenvalue weighted by molar-refractivity contribution is 6.05. The molecule has 1 saturated heterocycles. The molecule has 9 nitrogen and oxygen atoms in total. The number of aromatic nitrogens is 2. The molecular weight excluding hydrogens is 400 g/mol. The highest BCUT2D eigenvalue weighted by atomic mass is 16.6. The van der Waals surface area contributed by atoms with E-state index in [0.29, 0.717) is 23.7 Å². The summed E-state index contributed by atoms with van der Waals surface area (Å²) >= 11 is 0. The first-order valence-electron chi connectivity index (χ1n) is 9.94. The van der Waals surface area contributed by atoms with Crippen LogP contribution < -0.4 is 10.1 Å². The summed E-state index contributed by atoms with van der Waals surface area (Å²) in [5, 5.41) is 14.4. The van der Waals surface area contributed by atoms with Crippen LogP contribution in [0.15, 0.2) is 55.1 Å². The molecule has 0 radical (unpaired) electrons. The topological polar surface area (TPSA) is 109 Å². The molecule has 0 saturated carbocycles. The molecule has 1 unspecified atom stereocenters. The molecule has 0 aliphatic carbocycles. The van der Waals surface area contributed by atoms with Gasteiger partial charge >= 0.3 is 0 Å². The summed E-state index contributed by atoms with van der Waals surface area (Å²) in [4.78, 5) is 27.8. The predicted molar refractivity (Wildman–Crippen MR) is 114 cm³/mol. The van der Waals surface area contributed by atoms with Gasteiger partial charge in [-0.1, -0.05) is 6.07 Å². The zero-order chi connectivity index (χ0) is 21.8. The SMILES string of the molecule is Cc1ccc(NC(=O)c2ccc(-n3ccnc3)c([N+](=O)[O-])c2)c(OCC2CCCO2)c1. The van der Waals surface area contributed by atoms with Crippen molar-refractivity contribution in [3.63, 3.8) is 0 Å². The van der Waals surface area contributed by atoms with Gasteiger partial charge in [-0.15, -0.1) is 0 Å². The molecule has 1 N–H and O–H groups in total. The van der Waals surface area contributed by atoms with Gasteiger partial charge in [-0.3, -0.25) is 14.9 Å². The standard InChI is InChI=1S/C22H22N4O5/c1-15-4-6-18(21(11-15)31-13-17-3-2-10-30-17)24-22(27)16-5-7-19(20(12-16)26(28)29)25-9-8-23-14-25/h4-9,11-12,14,17H,2-3,10,13H2,1H3,(H,24,27). The smallest absolute Gasteiger partial charge is 0.294 e. The summed E-state index contributed by atoms with van der Waals surface area (Å²) in [5.41, 5.74) is 1.79. The molecule has 160 valence electrons. The van der Waals surface area contributed by atoms with Crippen molar-refractivity contribution in [1.29, 1.82) is 0 Å². The van der Waals surface area contributed by atoms with E-state index < -0.39 is 10.8 Å². The summed E-state index contributed by atoms with van der Waals surface area (Å²) in [5.74, 6) is 0.0690. The Balaban J connectivity index is 1.55. The van der Waals surface area contributed by atoms with E-state index in [0.717, 1.165) is 25.0 Å². The fourth-order valence-electron chi connectivity index (χ4n) is 3.44. The third kappa shape index (κ3) is 4.72. The molecule has 1 amide bonds. The van der Waals surface area contributed by atoms with Crippen molar-refractivity contribution in [1.82, 2.24) is 9.55 Å². The van der Waals surface area contributed by atoms with Crippen LogP contribution in [0.1, 0.15) is 28.8 Å². The molecule has 9 heteroatoms. The molecule has 0 bridgehead atoms. The molecule has 1 aliphatic heterocycles. The number of hydrogen-bond acceptors (Lipinski definition) is 6. The Kier molecular flexibility index (Phi) is 5.94. The zero-order valence-corrected chi connectivity index (χ0v) is 17.0. The Morgan fingerprint density at radius 3 is 2.94 bits per heavy atom. The van der Waals surface area contributed by atoms with Gasteiger partial charge in [0.25, 0.3) is 11.6 Å². The summed E-state index contributed by atoms with van der Waals surface area (Å²) in [7, 11) is 0. The summed E-state index contributed by atoms with van der Waals surface area (Å²) in [6, 6.07) is 9.78. The predicted octanol–water partition coefficient (Wildman–Crippen LogP) is 3.90. The molecule has 31 heavy (non-hydrogen) atoms. The molecule has 1 atom stereocenters. The van der Waals surface area contributed by atoms with Crippen LogP contribution in [0.3, 0.4) is 0 Å². The molecule has 4 rings (SSSR count). The summed E-state index contributed by atoms with van der Waals surface area (Å²) in [6.45, 7) is 3.07. The lowest BCUT2D eigenvalue weighted by Gasteiger charge is -2.16. The monoisotopic (exact) mass is 422 g/mol. The van der Waals surface area contributed by atoms with Crippen molar-refractivity contribution in [3.8, 4) is 11.4 Å². The van der Waals surface area contributed by atoms with E-state index in [1.807, 2.05) is 19.1 Å². The number of aryl methyl sites for hydroxylation is 1. The Morgan fingerprint density at radius 2 is 2.23 bits per heavy atom. The second-order valence-corrected chi connectivity index (χ2v) is 7.33. The largest absolute Gasteiger partial charge is 0.489 e. The van der Waals surface area contributed by atoms with Crippen molar-refractivity contribution < 1.29 is 19.2 Å². The molecule has 1 fully saturated rings. The fraction of sp³-hybridized carbons (Fsp3) is 0.273. The van der Waals surface area contributed by atoms with Gasteiger partial charge < -0.3 is 19.4 Å². The number of nitrogens with one attached hydrogen (secondary N) is 1. The number of imidazole rings is 1. The fourth-order valence-corrected chi connectivity index (χ4v) is 3.44. The number of ether oxygens (including phenoxy) is 2. The third-order valence-electron chi connectivity index (χ3n) is 5.05. The van der Waals surface area contributed by atoms with E-state index in [9.17, 15) is 14.9 Å². The maximum Gasteiger partial charge on any atom is 0.294 e. The normalized spacial score (nSPS) is 15.6. The highest BCUT2D eigenvalue weighted by Crippen LogP contribution is 2.29. The molecule has 2 aromatic carbocycles. The average Bonchev–Trinajstić information content (AvgIpc) is 3.47. The first-order chi connectivity index (χ1) is 15.0. The van der Waals surface area contributed by atoms with Crippen molar-refractivity contribution in [2.45, 2.75) is 25.9 Å². The van der Waals surface area contributed by atoms with E-state index in [1.165, 1.54) is 29.2 Å². The zero-order valence-electron chi connectivity index (χ0n) is 17.0. The Labute approximate surface area is 178 Å². The number of nitro benzene ring substituents is 1. The van der Waals surface area contributed by atoms with Crippen LogP contribution in [-0.2, 0) is 4.74 Å². The van der Waals surface area contributed by atoms with Gasteiger partial charge in [0.1, 0.15) is 18.0 Å². The van der Waals surface area contributed by atoms with Gasteiger partial charge in [0.15, 0.2) is 0 Å². The Bertz CT molecular complexity index is 1090. The summed E-state index contributed by atoms with van der Waals surface area (Å²) in [6.07, 6.45) is 6.60. The first kappa shape index (κ1) is 20.5. The number of nitrogens with zero attached hydrogens (tertiary/aromatic N) is 3. The van der Waals surface area contributed by atoms with Gasteiger partial charge in [-0.05, 0) is 49.6 Å². The highest BCUT2D eigenvalue weighted by Gasteiger charge is 2.20. The first-order valence-corrected chi connectivity index (χ1v) is 9.94. The molecule has 2 heterocycles. The number of nitro groups is 1. The van der Waals surface area contributed by atoms with Crippen LogP contribution in [-0.4, -0.2) is 39.7 Å². The van der Waals surface area contributed by atoms with Crippen molar-refractivity contribution >= 4 is 17.3 Å². The van der Waals surface area contributed by atoms with Crippen LogP contribution in [0.25, 0.3) is 5.69 Å². The maximum absolute atomic E-state index is 12.9. The number of hydrogen-bond donors (Lipinski definition) is 1. The Morgan fingerprint density at radius 1 is 1.35 bits per heavy atom. The van der Waals surface area contributed by atoms with Crippen LogP contribution >= 0.6 is 0 Å². The van der Waals surface area contributed by atoms with Gasteiger partial charge in [-0.25, -0.2) is 4.98 Å². The quantitative estimate of drug-likeness (QED) is 0.457. The van der Waals surface area contributed by atoms with Crippen LogP contribution in [0, 0.1) is 17.0 Å². The van der Waals surface area contributed by atoms with E-state index in [-0.39, 0.29) is 17.4 Å². The molecular formula is C22H22N4O5. The van der Waals surface area contributed by atoms with Crippen LogP contribution in [0.4, 0.5) is 11.4 Å². The van der Waals surface area contributed by atoms with Crippen molar-refractivity contribution in [3.05, 3.63) is 76.4 Å². The second kappa shape index (κ2) is 8.97. The average molecular weight is 422 g/mol. The summed E-state index contributed by atoms with van der Waals surface area (Å²) < 4.78 is 13.0. The van der Waals surface area contributed by atoms with E-state index >= 15 is 0 Å². The molecule has 1 aromatic heterocycles. The number of anilines is 1. The number of carbonyl (C=O) groups excluding carboxylic acids is 1. The minimum Gasteiger partial charge on any atom is -0.489 e. The minimum absolute atomic E-state index is 0.0439. The van der Waals surface area contributed by atoms with Gasteiger partial charge in [0.2, 0.25) is 0 Å². The lowest BCUT2D eigenvalue weighted by Crippen LogP contribution is -2.18. The van der Waals surface area contributed by atoms with Crippen molar-refractivity contribution in [2.24, 2.45) is 0 Å². The number of amides is 1. The van der Waals surface area contributed by atoms with Gasteiger partial charge in [0, 0.05) is 30.6 Å². The second-order valence-electron chi connectivity index (χ2n) is 7.33. The van der Waals surface area contributed by atoms with E-state index in [4.69, 9.17) is 9.47 Å². The number of rotatable bonds is 7. The molecule has 0 spiro atoms. The number of carbonyl (C=O) groups is 1. The lowest BCUT2D eigenvalue weighted by atomic mass is 10.1. The van der Waals surface area contributed by atoms with Gasteiger partial charge in [-0.2, -0.15) is 0 Å². The number of benzene rings is 2.